The fourth-order valence-corrected chi connectivity index (χ4v) is 4.72. The van der Waals surface area contributed by atoms with E-state index in [2.05, 4.69) is 31.6 Å². The minimum Gasteiger partial charge on any atom is -0.343 e. The van der Waals surface area contributed by atoms with Gasteiger partial charge >= 0.3 is 0 Å². The van der Waals surface area contributed by atoms with Crippen LogP contribution >= 0.6 is 0 Å². The Labute approximate surface area is 166 Å². The first-order chi connectivity index (χ1) is 13.7. The zero-order chi connectivity index (χ0) is 19.5. The maximum absolute atomic E-state index is 11.5. The van der Waals surface area contributed by atoms with E-state index in [9.17, 15) is 4.79 Å². The van der Waals surface area contributed by atoms with Crippen molar-refractivity contribution >= 4 is 5.91 Å². The highest BCUT2D eigenvalue weighted by Crippen LogP contribution is 2.30. The Morgan fingerprint density at radius 2 is 1.86 bits per heavy atom. The van der Waals surface area contributed by atoms with Crippen molar-refractivity contribution in [3.8, 4) is 0 Å². The number of likely N-dealkylation sites (tertiary alicyclic amines) is 2. The molecule has 8 heteroatoms. The lowest BCUT2D eigenvalue weighted by Crippen LogP contribution is -2.48. The zero-order valence-electron chi connectivity index (χ0n) is 17.0. The average Bonchev–Trinajstić information content (AvgIpc) is 3.38. The molecule has 0 unspecified atom stereocenters. The van der Waals surface area contributed by atoms with E-state index in [0.717, 1.165) is 70.1 Å². The molecule has 0 bridgehead atoms. The van der Waals surface area contributed by atoms with Crippen molar-refractivity contribution in [1.29, 1.82) is 0 Å². The Kier molecular flexibility index (Phi) is 5.75. The van der Waals surface area contributed by atoms with Gasteiger partial charge in [0.05, 0.1) is 12.9 Å². The van der Waals surface area contributed by atoms with Gasteiger partial charge in [-0.2, -0.15) is 0 Å². The molecular weight excluding hydrogens is 354 g/mol. The van der Waals surface area contributed by atoms with Crippen LogP contribution in [0.15, 0.2) is 18.7 Å². The van der Waals surface area contributed by atoms with E-state index in [1.807, 2.05) is 22.0 Å². The molecule has 0 aromatic carbocycles. The molecule has 2 aromatic rings. The molecule has 8 nitrogen and oxygen atoms in total. The SMILES string of the molecule is CCn1c(Cn2ccnc2)nnc1C1CCN(C2CCN(C(C)=O)CC2)CC1. The van der Waals surface area contributed by atoms with Gasteiger partial charge in [0.2, 0.25) is 5.91 Å². The molecule has 2 fully saturated rings. The number of carbonyl (C=O) groups is 1. The van der Waals surface area contributed by atoms with E-state index in [1.165, 1.54) is 0 Å². The number of imidazole rings is 1. The van der Waals surface area contributed by atoms with Gasteiger partial charge in [0.1, 0.15) is 5.82 Å². The molecule has 0 atom stereocenters. The Hall–Kier alpha value is -2.22. The molecule has 28 heavy (non-hydrogen) atoms. The summed E-state index contributed by atoms with van der Waals surface area (Å²) in [6.07, 6.45) is 10.1. The van der Waals surface area contributed by atoms with E-state index in [0.29, 0.717) is 18.5 Å². The summed E-state index contributed by atoms with van der Waals surface area (Å²) in [4.78, 5) is 20.3. The third kappa shape index (κ3) is 3.97. The molecular formula is C20H31N7O. The number of hydrogen-bond donors (Lipinski definition) is 0. The highest BCUT2D eigenvalue weighted by Gasteiger charge is 2.31. The first kappa shape index (κ1) is 19.1. The fourth-order valence-electron chi connectivity index (χ4n) is 4.72. The van der Waals surface area contributed by atoms with Crippen LogP contribution < -0.4 is 0 Å². The van der Waals surface area contributed by atoms with Crippen molar-refractivity contribution in [3.05, 3.63) is 30.4 Å². The molecule has 4 heterocycles. The van der Waals surface area contributed by atoms with Gasteiger partial charge in [-0.1, -0.05) is 0 Å². The third-order valence-corrected chi connectivity index (χ3v) is 6.38. The van der Waals surface area contributed by atoms with E-state index in [1.54, 1.807) is 13.1 Å². The molecule has 0 aliphatic carbocycles. The van der Waals surface area contributed by atoms with Crippen LogP contribution in [0.25, 0.3) is 0 Å². The summed E-state index contributed by atoms with van der Waals surface area (Å²) >= 11 is 0. The van der Waals surface area contributed by atoms with E-state index >= 15 is 0 Å². The van der Waals surface area contributed by atoms with Crippen LogP contribution in [0.5, 0.6) is 0 Å². The van der Waals surface area contributed by atoms with E-state index in [-0.39, 0.29) is 5.91 Å². The van der Waals surface area contributed by atoms with Crippen molar-refractivity contribution in [2.45, 2.75) is 64.6 Å². The number of carbonyl (C=O) groups excluding carboxylic acids is 1. The number of amides is 1. The van der Waals surface area contributed by atoms with Gasteiger partial charge in [-0.15, -0.1) is 10.2 Å². The first-order valence-corrected chi connectivity index (χ1v) is 10.5. The van der Waals surface area contributed by atoms with Crippen LogP contribution in [-0.2, 0) is 17.9 Å². The molecule has 0 radical (unpaired) electrons. The van der Waals surface area contributed by atoms with Crippen LogP contribution in [0.2, 0.25) is 0 Å². The summed E-state index contributed by atoms with van der Waals surface area (Å²) in [7, 11) is 0. The second kappa shape index (κ2) is 8.43. The highest BCUT2D eigenvalue weighted by atomic mass is 16.2. The highest BCUT2D eigenvalue weighted by molar-refractivity contribution is 5.73. The van der Waals surface area contributed by atoms with Gasteiger partial charge in [-0.05, 0) is 45.7 Å². The standard InChI is InChI=1S/C20H31N7O/c1-3-27-19(14-24-13-8-21-15-24)22-23-20(27)17-4-9-26(10-5-17)18-6-11-25(12-7-18)16(2)28/h8,13,15,17-18H,3-7,9-12,14H2,1-2H3. The normalized spacial score (nSPS) is 20.0. The molecule has 0 saturated carbocycles. The predicted octanol–water partition coefficient (Wildman–Crippen LogP) is 1.73. The molecule has 2 aromatic heterocycles. The van der Waals surface area contributed by atoms with E-state index in [4.69, 9.17) is 0 Å². The van der Waals surface area contributed by atoms with Crippen LogP contribution in [0, 0.1) is 0 Å². The van der Waals surface area contributed by atoms with Gasteiger partial charge in [0.15, 0.2) is 5.82 Å². The summed E-state index contributed by atoms with van der Waals surface area (Å²) in [6.45, 7) is 9.50. The van der Waals surface area contributed by atoms with Gasteiger partial charge in [-0.25, -0.2) is 4.98 Å². The number of rotatable bonds is 5. The number of aromatic nitrogens is 5. The van der Waals surface area contributed by atoms with Crippen LogP contribution in [0.1, 0.15) is 57.1 Å². The predicted molar refractivity (Wildman–Crippen MR) is 106 cm³/mol. The molecule has 2 aliphatic heterocycles. The Morgan fingerprint density at radius 1 is 1.11 bits per heavy atom. The lowest BCUT2D eigenvalue weighted by Gasteiger charge is -2.41. The second-order valence-corrected chi connectivity index (χ2v) is 8.00. The summed E-state index contributed by atoms with van der Waals surface area (Å²) in [5, 5.41) is 9.06. The van der Waals surface area contributed by atoms with Crippen LogP contribution in [0.4, 0.5) is 0 Å². The quantitative estimate of drug-likeness (QED) is 0.784. The third-order valence-electron chi connectivity index (χ3n) is 6.38. The molecule has 152 valence electrons. The Bertz CT molecular complexity index is 769. The molecule has 4 rings (SSSR count). The topological polar surface area (TPSA) is 72.1 Å². The van der Waals surface area contributed by atoms with Gasteiger partial charge < -0.3 is 18.9 Å². The maximum atomic E-state index is 11.5. The van der Waals surface area contributed by atoms with Crippen molar-refractivity contribution < 1.29 is 4.79 Å². The van der Waals surface area contributed by atoms with Crippen molar-refractivity contribution in [2.24, 2.45) is 0 Å². The Balaban J connectivity index is 1.35. The number of hydrogen-bond acceptors (Lipinski definition) is 5. The first-order valence-electron chi connectivity index (χ1n) is 10.5. The summed E-state index contributed by atoms with van der Waals surface area (Å²) in [5.41, 5.74) is 0. The van der Waals surface area contributed by atoms with Crippen LogP contribution in [0.3, 0.4) is 0 Å². The van der Waals surface area contributed by atoms with Gasteiger partial charge in [0.25, 0.3) is 0 Å². The monoisotopic (exact) mass is 385 g/mol. The van der Waals surface area contributed by atoms with Crippen molar-refractivity contribution in [3.63, 3.8) is 0 Å². The van der Waals surface area contributed by atoms with Crippen molar-refractivity contribution in [1.82, 2.24) is 34.1 Å². The average molecular weight is 386 g/mol. The Morgan fingerprint density at radius 3 is 2.46 bits per heavy atom. The van der Waals surface area contributed by atoms with Crippen LogP contribution in [-0.4, -0.2) is 72.2 Å². The summed E-state index contributed by atoms with van der Waals surface area (Å²) < 4.78 is 4.32. The molecule has 2 aliphatic rings. The minimum absolute atomic E-state index is 0.211. The molecule has 0 N–H and O–H groups in total. The lowest BCUT2D eigenvalue weighted by molar-refractivity contribution is -0.130. The molecule has 0 spiro atoms. The fraction of sp³-hybridized carbons (Fsp3) is 0.700. The second-order valence-electron chi connectivity index (χ2n) is 8.00. The van der Waals surface area contributed by atoms with Gasteiger partial charge in [-0.3, -0.25) is 4.79 Å². The number of nitrogens with zero attached hydrogens (tertiary/aromatic N) is 7. The zero-order valence-corrected chi connectivity index (χ0v) is 17.0. The lowest BCUT2D eigenvalue weighted by atomic mass is 9.92. The van der Waals surface area contributed by atoms with Crippen molar-refractivity contribution in [2.75, 3.05) is 26.2 Å². The maximum Gasteiger partial charge on any atom is 0.219 e. The van der Waals surface area contributed by atoms with E-state index < -0.39 is 0 Å². The summed E-state index contributed by atoms with van der Waals surface area (Å²) in [6, 6.07) is 0.623. The molecule has 1 amide bonds. The summed E-state index contributed by atoms with van der Waals surface area (Å²) in [5.74, 6) is 2.85. The number of piperidine rings is 2. The largest absolute Gasteiger partial charge is 0.343 e. The van der Waals surface area contributed by atoms with Gasteiger partial charge in [0, 0.05) is 50.9 Å². The molecule has 2 saturated heterocycles. The minimum atomic E-state index is 0.211. The smallest absolute Gasteiger partial charge is 0.219 e.